The summed E-state index contributed by atoms with van der Waals surface area (Å²) in [5, 5.41) is 2.58. The minimum absolute atomic E-state index is 0.0103. The second-order valence-electron chi connectivity index (χ2n) is 7.73. The fourth-order valence-electron chi connectivity index (χ4n) is 3.28. The van der Waals surface area contributed by atoms with Gasteiger partial charge < -0.3 is 15.8 Å². The maximum absolute atomic E-state index is 14.8. The van der Waals surface area contributed by atoms with Crippen LogP contribution < -0.4 is 21.3 Å². The molecular formula is C25H17ClF4N4O3. The van der Waals surface area contributed by atoms with Gasteiger partial charge in [-0.2, -0.15) is 13.2 Å². The van der Waals surface area contributed by atoms with Gasteiger partial charge in [-0.05, 0) is 35.9 Å². The molecule has 0 aliphatic heterocycles. The normalized spacial score (nSPS) is 11.3. The molecule has 4 aromatic rings. The van der Waals surface area contributed by atoms with Crippen molar-refractivity contribution in [2.45, 2.75) is 12.7 Å². The van der Waals surface area contributed by atoms with Gasteiger partial charge in [-0.1, -0.05) is 23.7 Å². The summed E-state index contributed by atoms with van der Waals surface area (Å²) in [5.74, 6) is -1.48. The van der Waals surface area contributed by atoms with Crippen LogP contribution in [-0.2, 0) is 12.7 Å². The largest absolute Gasteiger partial charge is 0.453 e. The average Bonchev–Trinajstić information content (AvgIpc) is 2.86. The summed E-state index contributed by atoms with van der Waals surface area (Å²) in [7, 11) is 0. The Kier molecular flexibility index (Phi) is 7.16. The van der Waals surface area contributed by atoms with E-state index in [1.54, 1.807) is 0 Å². The number of anilines is 1. The van der Waals surface area contributed by atoms with Crippen LogP contribution in [0.3, 0.4) is 0 Å². The van der Waals surface area contributed by atoms with Crippen LogP contribution in [0.15, 0.2) is 77.9 Å². The first-order valence-corrected chi connectivity index (χ1v) is 11.0. The predicted molar refractivity (Wildman–Crippen MR) is 128 cm³/mol. The molecule has 0 atom stereocenters. The fourth-order valence-corrected chi connectivity index (χ4v) is 3.43. The topological polar surface area (TPSA) is 99.2 Å². The van der Waals surface area contributed by atoms with Crippen molar-refractivity contribution in [2.24, 2.45) is 0 Å². The Balaban J connectivity index is 1.50. The molecule has 0 saturated carbocycles. The third-order valence-electron chi connectivity index (χ3n) is 5.20. The number of alkyl halides is 3. The van der Waals surface area contributed by atoms with Crippen molar-refractivity contribution in [3.63, 3.8) is 0 Å². The van der Waals surface area contributed by atoms with Crippen molar-refractivity contribution < 1.29 is 27.1 Å². The van der Waals surface area contributed by atoms with E-state index < -0.39 is 29.0 Å². The van der Waals surface area contributed by atoms with Crippen molar-refractivity contribution in [1.29, 1.82) is 0 Å². The summed E-state index contributed by atoms with van der Waals surface area (Å²) in [6.07, 6.45) is -1.89. The van der Waals surface area contributed by atoms with Crippen molar-refractivity contribution in [1.82, 2.24) is 14.9 Å². The van der Waals surface area contributed by atoms with E-state index in [0.29, 0.717) is 5.56 Å². The molecule has 0 saturated heterocycles. The lowest BCUT2D eigenvalue weighted by molar-refractivity contribution is -0.137. The van der Waals surface area contributed by atoms with E-state index in [2.05, 4.69) is 10.3 Å². The molecule has 3 N–H and O–H groups in total. The molecule has 37 heavy (non-hydrogen) atoms. The van der Waals surface area contributed by atoms with Crippen LogP contribution in [0.4, 0.5) is 23.4 Å². The van der Waals surface area contributed by atoms with E-state index in [0.717, 1.165) is 28.8 Å². The first-order valence-electron chi connectivity index (χ1n) is 10.6. The Bertz CT molecular complexity index is 1520. The van der Waals surface area contributed by atoms with Gasteiger partial charge in [-0.3, -0.25) is 14.2 Å². The highest BCUT2D eigenvalue weighted by Crippen LogP contribution is 2.33. The lowest BCUT2D eigenvalue weighted by atomic mass is 10.1. The number of rotatable bonds is 6. The van der Waals surface area contributed by atoms with Crippen LogP contribution in [0.1, 0.15) is 21.5 Å². The molecule has 0 bridgehead atoms. The van der Waals surface area contributed by atoms with Crippen molar-refractivity contribution in [3.05, 3.63) is 111 Å². The maximum atomic E-state index is 14.8. The van der Waals surface area contributed by atoms with Crippen molar-refractivity contribution in [2.75, 3.05) is 5.73 Å². The second-order valence-corrected chi connectivity index (χ2v) is 8.11. The van der Waals surface area contributed by atoms with Gasteiger partial charge in [0.05, 0.1) is 16.8 Å². The summed E-state index contributed by atoms with van der Waals surface area (Å²) in [6, 6.07) is 11.9. The van der Waals surface area contributed by atoms with Gasteiger partial charge in [0, 0.05) is 37.1 Å². The molecule has 0 spiro atoms. The number of pyridine rings is 2. The molecule has 12 heteroatoms. The van der Waals surface area contributed by atoms with Crippen LogP contribution in [0.2, 0.25) is 5.02 Å². The molecule has 2 aromatic carbocycles. The monoisotopic (exact) mass is 532 g/mol. The van der Waals surface area contributed by atoms with Crippen LogP contribution in [-0.4, -0.2) is 15.5 Å². The van der Waals surface area contributed by atoms with Gasteiger partial charge >= 0.3 is 6.18 Å². The fraction of sp³-hybridized carbons (Fsp3) is 0.0800. The third-order valence-corrected chi connectivity index (χ3v) is 5.58. The number of nitrogens with two attached hydrogens (primary N) is 1. The number of hydrogen-bond donors (Lipinski definition) is 2. The van der Waals surface area contributed by atoms with E-state index in [4.69, 9.17) is 22.1 Å². The number of amides is 1. The van der Waals surface area contributed by atoms with Crippen LogP contribution in [0.5, 0.6) is 11.5 Å². The van der Waals surface area contributed by atoms with Crippen LogP contribution in [0.25, 0.3) is 5.69 Å². The van der Waals surface area contributed by atoms with E-state index in [-0.39, 0.29) is 40.1 Å². The molecule has 0 unspecified atom stereocenters. The lowest BCUT2D eigenvalue weighted by Gasteiger charge is -2.12. The average molecular weight is 533 g/mol. The van der Waals surface area contributed by atoms with E-state index >= 15 is 0 Å². The Morgan fingerprint density at radius 3 is 2.46 bits per heavy atom. The summed E-state index contributed by atoms with van der Waals surface area (Å²) >= 11 is 6.02. The van der Waals surface area contributed by atoms with E-state index in [9.17, 15) is 27.2 Å². The summed E-state index contributed by atoms with van der Waals surface area (Å²) < 4.78 is 59.4. The van der Waals surface area contributed by atoms with Gasteiger partial charge in [0.2, 0.25) is 0 Å². The van der Waals surface area contributed by atoms with Gasteiger partial charge in [0.1, 0.15) is 10.8 Å². The van der Waals surface area contributed by atoms with Crippen LogP contribution >= 0.6 is 11.6 Å². The lowest BCUT2D eigenvalue weighted by Crippen LogP contribution is -2.26. The summed E-state index contributed by atoms with van der Waals surface area (Å²) in [6.45, 7) is -0.0428. The Hall–Kier alpha value is -4.38. The number of nitrogens with zero attached hydrogens (tertiary/aromatic N) is 2. The number of aromatic nitrogens is 2. The number of carbonyl (C=O) groups is 1. The van der Waals surface area contributed by atoms with Gasteiger partial charge in [-0.25, -0.2) is 9.37 Å². The molecule has 0 aliphatic rings. The highest BCUT2D eigenvalue weighted by atomic mass is 35.5. The first-order chi connectivity index (χ1) is 17.5. The quantitative estimate of drug-likeness (QED) is 0.326. The first kappa shape index (κ1) is 25.7. The zero-order chi connectivity index (χ0) is 26.7. The molecule has 4 rings (SSSR count). The Morgan fingerprint density at radius 2 is 1.78 bits per heavy atom. The number of halogens is 5. The summed E-state index contributed by atoms with van der Waals surface area (Å²) in [4.78, 5) is 28.8. The molecule has 190 valence electrons. The number of nitrogens with one attached hydrogen (secondary N) is 1. The highest BCUT2D eigenvalue weighted by Gasteiger charge is 2.29. The highest BCUT2D eigenvalue weighted by molar-refractivity contribution is 6.34. The predicted octanol–water partition coefficient (Wildman–Crippen LogP) is 5.35. The molecule has 0 aliphatic carbocycles. The molecule has 2 heterocycles. The zero-order valence-electron chi connectivity index (χ0n) is 18.7. The van der Waals surface area contributed by atoms with E-state index in [1.807, 2.05) is 0 Å². The Morgan fingerprint density at radius 1 is 1.05 bits per heavy atom. The van der Waals surface area contributed by atoms with Gasteiger partial charge in [-0.15, -0.1) is 0 Å². The van der Waals surface area contributed by atoms with Crippen molar-refractivity contribution >= 4 is 23.3 Å². The Labute approximate surface area is 212 Å². The van der Waals surface area contributed by atoms with Gasteiger partial charge in [0.15, 0.2) is 17.3 Å². The molecule has 2 aromatic heterocycles. The molecule has 0 radical (unpaired) electrons. The smallest absolute Gasteiger partial charge is 0.416 e. The number of benzene rings is 2. The summed E-state index contributed by atoms with van der Waals surface area (Å²) in [5.41, 5.74) is 4.93. The number of hydrogen-bond acceptors (Lipinski definition) is 5. The van der Waals surface area contributed by atoms with Crippen molar-refractivity contribution in [3.8, 4) is 17.2 Å². The molecule has 1 amide bonds. The van der Waals surface area contributed by atoms with E-state index in [1.165, 1.54) is 48.8 Å². The molecular weight excluding hydrogens is 516 g/mol. The number of nitrogen functional groups attached to an aromatic ring is 1. The number of carbonyl (C=O) groups excluding carboxylic acids is 1. The third kappa shape index (κ3) is 5.89. The standard InChI is InChI=1S/C25H17ClF4N4O3/c26-22-20(9-10-32-23(22)31)37-19-7-6-17(11-18(19)27)34-13-15(3-8-21(34)35)24(36)33-12-14-1-4-16(5-2-14)25(28,29)30/h1-11,13H,12H2,(H2,31,32)(H,33,36). The van der Waals surface area contributed by atoms with Gasteiger partial charge in [0.25, 0.3) is 11.5 Å². The second kappa shape index (κ2) is 10.3. The minimum atomic E-state index is -4.46. The molecule has 7 nitrogen and oxygen atoms in total. The number of ether oxygens (including phenoxy) is 1. The zero-order valence-corrected chi connectivity index (χ0v) is 19.5. The minimum Gasteiger partial charge on any atom is -0.453 e. The maximum Gasteiger partial charge on any atom is 0.416 e. The van der Waals surface area contributed by atoms with Crippen LogP contribution in [0, 0.1) is 5.82 Å². The molecule has 0 fully saturated rings. The SMILES string of the molecule is Nc1nccc(Oc2ccc(-n3cc(C(=O)NCc4ccc(C(F)(F)F)cc4)ccc3=O)cc2F)c1Cl.